The molecule has 1 aromatic carbocycles. The zero-order chi connectivity index (χ0) is 25.1. The number of ether oxygens (including phenoxy) is 2. The summed E-state index contributed by atoms with van der Waals surface area (Å²) in [6.45, 7) is 0.513. The lowest BCUT2D eigenvalue weighted by Gasteiger charge is -2.17. The predicted octanol–water partition coefficient (Wildman–Crippen LogP) is 3.81. The summed E-state index contributed by atoms with van der Waals surface area (Å²) in [6, 6.07) is 3.42. The molecule has 180 valence electrons. The Balaban J connectivity index is 1.92. The molecule has 0 aliphatic heterocycles. The van der Waals surface area contributed by atoms with Crippen LogP contribution in [0.15, 0.2) is 47.9 Å². The number of methoxy groups -OCH3 is 1. The number of rotatable bonds is 5. The van der Waals surface area contributed by atoms with Crippen LogP contribution in [0.25, 0.3) is 38.8 Å². The molecule has 0 radical (unpaired) electrons. The number of fused-ring (bicyclic) bond motifs is 3. The van der Waals surface area contributed by atoms with Crippen LogP contribution in [0.1, 0.15) is 6.92 Å². The van der Waals surface area contributed by atoms with Gasteiger partial charge in [-0.05, 0) is 6.07 Å². The first kappa shape index (κ1) is 22.4. The lowest BCUT2D eigenvalue weighted by Crippen LogP contribution is -2.25. The lowest BCUT2D eigenvalue weighted by atomic mass is 10.0. The van der Waals surface area contributed by atoms with Crippen molar-refractivity contribution in [1.82, 2.24) is 28.9 Å². The van der Waals surface area contributed by atoms with Gasteiger partial charge in [0.1, 0.15) is 11.4 Å². The minimum absolute atomic E-state index is 0.254. The summed E-state index contributed by atoms with van der Waals surface area (Å²) in [4.78, 5) is 21.4. The SMILES string of the molecule is COc1cc2ncc3c(c2cc1-c1cnn(C)c1)n(-c1c(F)cncc1OC(C)(F)F)c(=O)n3C. The zero-order valence-corrected chi connectivity index (χ0v) is 19.1. The molecule has 0 atom stereocenters. The summed E-state index contributed by atoms with van der Waals surface area (Å²) in [5.41, 5.74) is 1.28. The van der Waals surface area contributed by atoms with Crippen molar-refractivity contribution in [3.05, 3.63) is 59.4 Å². The molecule has 0 fully saturated rings. The van der Waals surface area contributed by atoms with Crippen LogP contribution >= 0.6 is 0 Å². The summed E-state index contributed by atoms with van der Waals surface area (Å²) >= 11 is 0. The zero-order valence-electron chi connectivity index (χ0n) is 19.1. The van der Waals surface area contributed by atoms with Gasteiger partial charge in [-0.3, -0.25) is 23.8 Å². The maximum Gasteiger partial charge on any atom is 0.395 e. The van der Waals surface area contributed by atoms with Crippen LogP contribution in [-0.2, 0) is 14.1 Å². The van der Waals surface area contributed by atoms with Crippen molar-refractivity contribution in [2.75, 3.05) is 7.11 Å². The number of halogens is 3. The third-order valence-electron chi connectivity index (χ3n) is 5.57. The second-order valence-electron chi connectivity index (χ2n) is 8.02. The fourth-order valence-electron chi connectivity index (χ4n) is 4.08. The molecule has 0 aliphatic carbocycles. The van der Waals surface area contributed by atoms with Crippen molar-refractivity contribution in [3.63, 3.8) is 0 Å². The fourth-order valence-corrected chi connectivity index (χ4v) is 4.08. The van der Waals surface area contributed by atoms with Gasteiger partial charge in [0.05, 0.1) is 48.4 Å². The smallest absolute Gasteiger partial charge is 0.395 e. The third-order valence-corrected chi connectivity index (χ3v) is 5.57. The molecule has 0 N–H and O–H groups in total. The van der Waals surface area contributed by atoms with Gasteiger partial charge < -0.3 is 9.47 Å². The quantitative estimate of drug-likeness (QED) is 0.377. The van der Waals surface area contributed by atoms with Gasteiger partial charge in [-0.25, -0.2) is 9.18 Å². The molecule has 35 heavy (non-hydrogen) atoms. The maximum atomic E-state index is 15.1. The van der Waals surface area contributed by atoms with Crippen LogP contribution in [0.3, 0.4) is 0 Å². The number of alkyl halides is 2. The molecule has 0 saturated heterocycles. The first-order valence-electron chi connectivity index (χ1n) is 10.4. The highest BCUT2D eigenvalue weighted by molar-refractivity contribution is 6.05. The number of benzene rings is 1. The number of aromatic nitrogens is 6. The molecule has 4 aromatic heterocycles. The molecule has 4 heterocycles. The van der Waals surface area contributed by atoms with Gasteiger partial charge in [0, 0.05) is 49.8 Å². The van der Waals surface area contributed by atoms with E-state index < -0.39 is 29.1 Å². The van der Waals surface area contributed by atoms with Gasteiger partial charge in [0.25, 0.3) is 0 Å². The van der Waals surface area contributed by atoms with Crippen LogP contribution in [0.5, 0.6) is 11.5 Å². The summed E-state index contributed by atoms with van der Waals surface area (Å²) in [5.74, 6) is -1.09. The standard InChI is InChI=1S/C23H19F3N6O3/c1-23(25,26)35-19-10-27-8-15(24)21(19)32-20-14-5-13(12-7-29-30(2)11-12)18(34-4)6-16(14)28-9-17(20)31(3)22(32)33/h5-11H,1-4H3. The average molecular weight is 484 g/mol. The van der Waals surface area contributed by atoms with Crippen LogP contribution in [-0.4, -0.2) is 42.1 Å². The molecule has 9 nitrogen and oxygen atoms in total. The van der Waals surface area contributed by atoms with Crippen molar-refractivity contribution < 1.29 is 22.6 Å². The van der Waals surface area contributed by atoms with E-state index in [1.165, 1.54) is 24.9 Å². The topological polar surface area (TPSA) is 89.0 Å². The Morgan fingerprint density at radius 2 is 1.83 bits per heavy atom. The highest BCUT2D eigenvalue weighted by Gasteiger charge is 2.29. The van der Waals surface area contributed by atoms with E-state index in [1.54, 1.807) is 36.3 Å². The van der Waals surface area contributed by atoms with E-state index in [4.69, 9.17) is 4.74 Å². The Labute approximate surface area is 196 Å². The normalized spacial score (nSPS) is 12.0. The molecule has 0 saturated carbocycles. The second kappa shape index (κ2) is 7.86. The van der Waals surface area contributed by atoms with E-state index in [2.05, 4.69) is 19.8 Å². The van der Waals surface area contributed by atoms with Gasteiger partial charge in [0.2, 0.25) is 0 Å². The molecular weight excluding hydrogens is 465 g/mol. The van der Waals surface area contributed by atoms with E-state index in [0.29, 0.717) is 34.7 Å². The van der Waals surface area contributed by atoms with Crippen LogP contribution in [0.4, 0.5) is 13.2 Å². The van der Waals surface area contributed by atoms with Gasteiger partial charge in [0.15, 0.2) is 11.6 Å². The molecule has 0 amide bonds. The number of hydrogen-bond donors (Lipinski definition) is 0. The van der Waals surface area contributed by atoms with E-state index in [0.717, 1.165) is 22.5 Å². The second-order valence-corrected chi connectivity index (χ2v) is 8.02. The maximum absolute atomic E-state index is 15.1. The average Bonchev–Trinajstić information content (AvgIpc) is 3.34. The Morgan fingerprint density at radius 3 is 2.49 bits per heavy atom. The number of hydrogen-bond acceptors (Lipinski definition) is 6. The number of aryl methyl sites for hydroxylation is 2. The van der Waals surface area contributed by atoms with E-state index in [-0.39, 0.29) is 5.52 Å². The Bertz CT molecular complexity index is 1670. The first-order chi connectivity index (χ1) is 16.6. The van der Waals surface area contributed by atoms with Crippen molar-refractivity contribution in [2.45, 2.75) is 13.0 Å². The molecule has 0 unspecified atom stereocenters. The first-order valence-corrected chi connectivity index (χ1v) is 10.4. The van der Waals surface area contributed by atoms with E-state index in [9.17, 15) is 13.6 Å². The largest absolute Gasteiger partial charge is 0.496 e. The summed E-state index contributed by atoms with van der Waals surface area (Å²) in [7, 11) is 4.76. The minimum Gasteiger partial charge on any atom is -0.496 e. The molecule has 5 aromatic rings. The number of imidazole rings is 1. The summed E-state index contributed by atoms with van der Waals surface area (Å²) in [5, 5.41) is 4.66. The Hall–Kier alpha value is -4.35. The highest BCUT2D eigenvalue weighted by atomic mass is 19.3. The van der Waals surface area contributed by atoms with Crippen LogP contribution in [0.2, 0.25) is 0 Å². The Kier molecular flexibility index (Phi) is 5.04. The third kappa shape index (κ3) is 3.66. The number of pyridine rings is 2. The van der Waals surface area contributed by atoms with Crippen molar-refractivity contribution >= 4 is 21.9 Å². The van der Waals surface area contributed by atoms with Gasteiger partial charge in [-0.2, -0.15) is 13.9 Å². The summed E-state index contributed by atoms with van der Waals surface area (Å²) in [6.07, 6.45) is 3.01. The van der Waals surface area contributed by atoms with Crippen molar-refractivity contribution in [3.8, 4) is 28.3 Å². The molecule has 5 rings (SSSR count). The van der Waals surface area contributed by atoms with Crippen molar-refractivity contribution in [1.29, 1.82) is 0 Å². The fraction of sp³-hybridized carbons (Fsp3) is 0.217. The minimum atomic E-state index is -3.64. The molecule has 0 spiro atoms. The van der Waals surface area contributed by atoms with E-state index >= 15 is 4.39 Å². The van der Waals surface area contributed by atoms with Crippen molar-refractivity contribution in [2.24, 2.45) is 14.1 Å². The van der Waals surface area contributed by atoms with Gasteiger partial charge in [-0.1, -0.05) is 0 Å². The summed E-state index contributed by atoms with van der Waals surface area (Å²) < 4.78 is 56.7. The monoisotopic (exact) mass is 484 g/mol. The lowest BCUT2D eigenvalue weighted by molar-refractivity contribution is -0.159. The molecule has 0 bridgehead atoms. The van der Waals surface area contributed by atoms with Gasteiger partial charge in [-0.15, -0.1) is 0 Å². The van der Waals surface area contributed by atoms with Crippen LogP contribution < -0.4 is 15.2 Å². The van der Waals surface area contributed by atoms with E-state index in [1.807, 2.05) is 0 Å². The van der Waals surface area contributed by atoms with Crippen LogP contribution in [0, 0.1) is 5.82 Å². The molecular formula is C23H19F3N6O3. The Morgan fingerprint density at radius 1 is 1.06 bits per heavy atom. The molecule has 0 aliphatic rings. The number of nitrogens with zero attached hydrogens (tertiary/aromatic N) is 6. The highest BCUT2D eigenvalue weighted by Crippen LogP contribution is 2.38. The predicted molar refractivity (Wildman–Crippen MR) is 122 cm³/mol. The van der Waals surface area contributed by atoms with Gasteiger partial charge >= 0.3 is 11.8 Å². The molecule has 12 heteroatoms.